The third-order valence-corrected chi connectivity index (χ3v) is 4.57. The van der Waals surface area contributed by atoms with E-state index < -0.39 is 11.6 Å². The maximum absolute atomic E-state index is 12.7. The molecule has 3 rings (SSSR count). The largest absolute Gasteiger partial charge is 0.329 e. The number of benzene rings is 1. The molecule has 1 saturated carbocycles. The fourth-order valence-corrected chi connectivity index (χ4v) is 3.36. The number of hydrogen-bond acceptors (Lipinski definition) is 2. The Morgan fingerprint density at radius 3 is 2.50 bits per heavy atom. The third kappa shape index (κ3) is 2.07. The van der Waals surface area contributed by atoms with Gasteiger partial charge in [0, 0.05) is 5.02 Å². The van der Waals surface area contributed by atoms with E-state index in [-0.39, 0.29) is 5.91 Å². The van der Waals surface area contributed by atoms with Crippen molar-refractivity contribution in [3.05, 3.63) is 28.2 Å². The van der Waals surface area contributed by atoms with Crippen molar-refractivity contribution >= 4 is 40.8 Å². The minimum atomic E-state index is -0.749. The Bertz CT molecular complexity index is 583. The second-order valence-electron chi connectivity index (χ2n) is 5.31. The van der Waals surface area contributed by atoms with E-state index in [1.54, 1.807) is 18.2 Å². The first-order valence-corrected chi connectivity index (χ1v) is 7.41. The Kier molecular flexibility index (Phi) is 3.38. The quantitative estimate of drug-likeness (QED) is 0.803. The molecule has 20 heavy (non-hydrogen) atoms. The van der Waals surface area contributed by atoms with Crippen molar-refractivity contribution in [3.63, 3.8) is 0 Å². The molecule has 1 aromatic rings. The normalized spacial score (nSPS) is 21.4. The SMILES string of the molecule is O=C1NC2(CCCCC2)C(=O)N1c1cc(Cl)ccc1Cl. The van der Waals surface area contributed by atoms with Crippen LogP contribution in [0.2, 0.25) is 10.0 Å². The maximum atomic E-state index is 12.7. The van der Waals surface area contributed by atoms with E-state index in [1.165, 1.54) is 0 Å². The minimum Gasteiger partial charge on any atom is -0.323 e. The smallest absolute Gasteiger partial charge is 0.323 e. The van der Waals surface area contributed by atoms with E-state index in [9.17, 15) is 9.59 Å². The summed E-state index contributed by atoms with van der Waals surface area (Å²) in [7, 11) is 0. The predicted molar refractivity (Wildman–Crippen MR) is 78.3 cm³/mol. The van der Waals surface area contributed by atoms with E-state index in [4.69, 9.17) is 23.2 Å². The van der Waals surface area contributed by atoms with Crippen molar-refractivity contribution in [1.29, 1.82) is 0 Å². The van der Waals surface area contributed by atoms with Crippen LogP contribution in [0.3, 0.4) is 0 Å². The van der Waals surface area contributed by atoms with Crippen LogP contribution in [0.25, 0.3) is 0 Å². The number of anilines is 1. The number of carbonyl (C=O) groups is 2. The summed E-state index contributed by atoms with van der Waals surface area (Å²) >= 11 is 12.0. The average molecular weight is 313 g/mol. The van der Waals surface area contributed by atoms with Crippen molar-refractivity contribution < 1.29 is 9.59 Å². The van der Waals surface area contributed by atoms with Gasteiger partial charge in [-0.15, -0.1) is 0 Å². The van der Waals surface area contributed by atoms with Gasteiger partial charge in [0.1, 0.15) is 5.54 Å². The minimum absolute atomic E-state index is 0.216. The highest BCUT2D eigenvalue weighted by Crippen LogP contribution is 2.38. The van der Waals surface area contributed by atoms with Crippen LogP contribution >= 0.6 is 23.2 Å². The molecule has 6 heteroatoms. The molecule has 4 nitrogen and oxygen atoms in total. The molecule has 0 atom stereocenters. The lowest BCUT2D eigenvalue weighted by Crippen LogP contribution is -2.48. The summed E-state index contributed by atoms with van der Waals surface area (Å²) in [5, 5.41) is 3.63. The molecule has 3 amide bonds. The molecule has 1 aliphatic carbocycles. The van der Waals surface area contributed by atoms with Crippen LogP contribution in [0.4, 0.5) is 10.5 Å². The van der Waals surface area contributed by atoms with Gasteiger partial charge in [0.2, 0.25) is 0 Å². The maximum Gasteiger partial charge on any atom is 0.329 e. The molecule has 0 bridgehead atoms. The first-order chi connectivity index (χ1) is 9.53. The van der Waals surface area contributed by atoms with Crippen LogP contribution in [0.5, 0.6) is 0 Å². The number of halogens is 2. The average Bonchev–Trinajstić information content (AvgIpc) is 2.65. The van der Waals surface area contributed by atoms with E-state index in [0.29, 0.717) is 28.6 Å². The molecule has 2 fully saturated rings. The van der Waals surface area contributed by atoms with Crippen LogP contribution < -0.4 is 10.2 Å². The van der Waals surface area contributed by atoms with E-state index in [2.05, 4.69) is 5.32 Å². The second kappa shape index (κ2) is 4.93. The Morgan fingerprint density at radius 1 is 1.10 bits per heavy atom. The summed E-state index contributed by atoms with van der Waals surface area (Å²) in [6.45, 7) is 0. The summed E-state index contributed by atoms with van der Waals surface area (Å²) in [6, 6.07) is 4.35. The molecule has 1 spiro atoms. The first-order valence-electron chi connectivity index (χ1n) is 6.65. The van der Waals surface area contributed by atoms with E-state index in [0.717, 1.165) is 24.2 Å². The zero-order valence-corrected chi connectivity index (χ0v) is 12.3. The lowest BCUT2D eigenvalue weighted by molar-refractivity contribution is -0.123. The summed E-state index contributed by atoms with van der Waals surface area (Å²) in [5.74, 6) is -0.216. The first kappa shape index (κ1) is 13.7. The molecular formula is C14H14Cl2N2O2. The lowest BCUT2D eigenvalue weighted by atomic mass is 9.82. The standard InChI is InChI=1S/C14H14Cl2N2O2/c15-9-4-5-10(16)11(8-9)18-12(19)14(17-13(18)20)6-2-1-3-7-14/h4-5,8H,1-3,6-7H2,(H,17,20). The number of hydrogen-bond donors (Lipinski definition) is 1. The van der Waals surface area contributed by atoms with Gasteiger partial charge in [0.25, 0.3) is 5.91 Å². The summed E-state index contributed by atoms with van der Waals surface area (Å²) in [5.41, 5.74) is -0.398. The van der Waals surface area contributed by atoms with Gasteiger partial charge in [0.05, 0.1) is 10.7 Å². The van der Waals surface area contributed by atoms with Crippen LogP contribution in [0.1, 0.15) is 32.1 Å². The highest BCUT2D eigenvalue weighted by molar-refractivity contribution is 6.37. The second-order valence-corrected chi connectivity index (χ2v) is 6.15. The zero-order chi connectivity index (χ0) is 14.3. The van der Waals surface area contributed by atoms with E-state index >= 15 is 0 Å². The number of urea groups is 1. The third-order valence-electron chi connectivity index (χ3n) is 4.02. The van der Waals surface area contributed by atoms with Gasteiger partial charge in [-0.1, -0.05) is 42.5 Å². The highest BCUT2D eigenvalue weighted by atomic mass is 35.5. The molecular weight excluding hydrogens is 299 g/mol. The molecule has 1 saturated heterocycles. The van der Waals surface area contributed by atoms with Crippen molar-refractivity contribution in [2.24, 2.45) is 0 Å². The number of nitrogens with zero attached hydrogens (tertiary/aromatic N) is 1. The molecule has 0 unspecified atom stereocenters. The Labute approximate surface area is 127 Å². The molecule has 0 radical (unpaired) electrons. The van der Waals surface area contributed by atoms with Gasteiger partial charge in [-0.2, -0.15) is 0 Å². The van der Waals surface area contributed by atoms with Gasteiger partial charge in [-0.05, 0) is 31.0 Å². The van der Waals surface area contributed by atoms with Crippen molar-refractivity contribution in [2.45, 2.75) is 37.6 Å². The van der Waals surface area contributed by atoms with Gasteiger partial charge < -0.3 is 5.32 Å². The topological polar surface area (TPSA) is 49.4 Å². The van der Waals surface area contributed by atoms with Gasteiger partial charge in [0.15, 0.2) is 0 Å². The number of amides is 3. The van der Waals surface area contributed by atoms with Crippen LogP contribution in [-0.2, 0) is 4.79 Å². The molecule has 1 aliphatic heterocycles. The summed E-state index contributed by atoms with van der Waals surface area (Å²) < 4.78 is 0. The number of imide groups is 1. The Hall–Kier alpha value is -1.26. The van der Waals surface area contributed by atoms with Gasteiger partial charge in [-0.3, -0.25) is 4.79 Å². The fraction of sp³-hybridized carbons (Fsp3) is 0.429. The Balaban J connectivity index is 2.00. The van der Waals surface area contributed by atoms with Crippen molar-refractivity contribution in [1.82, 2.24) is 5.32 Å². The predicted octanol–water partition coefficient (Wildman–Crippen LogP) is 3.75. The Morgan fingerprint density at radius 2 is 1.80 bits per heavy atom. The molecule has 0 aromatic heterocycles. The van der Waals surface area contributed by atoms with Crippen LogP contribution in [-0.4, -0.2) is 17.5 Å². The monoisotopic (exact) mass is 312 g/mol. The summed E-state index contributed by atoms with van der Waals surface area (Å²) in [4.78, 5) is 26.0. The van der Waals surface area contributed by atoms with Gasteiger partial charge >= 0.3 is 6.03 Å². The molecule has 106 valence electrons. The molecule has 1 N–H and O–H groups in total. The number of nitrogens with one attached hydrogen (secondary N) is 1. The molecule has 1 aromatic carbocycles. The highest BCUT2D eigenvalue weighted by Gasteiger charge is 2.52. The number of rotatable bonds is 1. The fourth-order valence-electron chi connectivity index (χ4n) is 2.99. The van der Waals surface area contributed by atoms with Gasteiger partial charge in [-0.25, -0.2) is 9.69 Å². The number of carbonyl (C=O) groups excluding carboxylic acids is 2. The van der Waals surface area contributed by atoms with Crippen LogP contribution in [0.15, 0.2) is 18.2 Å². The van der Waals surface area contributed by atoms with Crippen molar-refractivity contribution in [3.8, 4) is 0 Å². The summed E-state index contributed by atoms with van der Waals surface area (Å²) in [6.07, 6.45) is 4.37. The van der Waals surface area contributed by atoms with Crippen molar-refractivity contribution in [2.75, 3.05) is 4.90 Å². The van der Waals surface area contributed by atoms with Crippen LogP contribution in [0, 0.1) is 0 Å². The molecule has 1 heterocycles. The zero-order valence-electron chi connectivity index (χ0n) is 10.8. The molecule has 2 aliphatic rings. The van der Waals surface area contributed by atoms with E-state index in [1.807, 2.05) is 0 Å². The lowest BCUT2D eigenvalue weighted by Gasteiger charge is -2.30.